The second-order valence-corrected chi connectivity index (χ2v) is 9.53. The SMILES string of the molecule is CCC(C)C(=O)c1c(O)c(C/C=C(\C)CCC=C(C)C)c(O)c2c(C(CC)OC(C)=O)cc(=O)oc12. The van der Waals surface area contributed by atoms with Crippen LogP contribution in [-0.2, 0) is 16.0 Å². The lowest BCUT2D eigenvalue weighted by molar-refractivity contribution is -0.146. The monoisotopic (exact) mass is 498 g/mol. The minimum Gasteiger partial charge on any atom is -0.507 e. The van der Waals surface area contributed by atoms with E-state index < -0.39 is 35.1 Å². The van der Waals surface area contributed by atoms with Crippen LogP contribution in [0.5, 0.6) is 11.5 Å². The molecule has 2 N–H and O–H groups in total. The first-order valence-electron chi connectivity index (χ1n) is 12.5. The summed E-state index contributed by atoms with van der Waals surface area (Å²) in [7, 11) is 0. The largest absolute Gasteiger partial charge is 0.507 e. The fraction of sp³-hybridized carbons (Fsp3) is 0.483. The van der Waals surface area contributed by atoms with Crippen molar-refractivity contribution in [3.05, 3.63) is 56.5 Å². The van der Waals surface area contributed by atoms with Gasteiger partial charge in [0.05, 0.1) is 5.39 Å². The van der Waals surface area contributed by atoms with Crippen LogP contribution >= 0.6 is 0 Å². The molecule has 0 aliphatic carbocycles. The number of aromatic hydroxyl groups is 2. The highest BCUT2D eigenvalue weighted by molar-refractivity contribution is 6.12. The smallest absolute Gasteiger partial charge is 0.336 e. The van der Waals surface area contributed by atoms with Crippen molar-refractivity contribution in [2.24, 2.45) is 5.92 Å². The minimum absolute atomic E-state index is 0.0951. The van der Waals surface area contributed by atoms with Crippen LogP contribution < -0.4 is 5.63 Å². The number of carbonyl (C=O) groups is 2. The van der Waals surface area contributed by atoms with Gasteiger partial charge < -0.3 is 19.4 Å². The van der Waals surface area contributed by atoms with Gasteiger partial charge in [-0.2, -0.15) is 0 Å². The molecule has 0 fully saturated rings. The molecule has 0 bridgehead atoms. The van der Waals surface area contributed by atoms with E-state index in [9.17, 15) is 24.6 Å². The van der Waals surface area contributed by atoms with Gasteiger partial charge in [-0.15, -0.1) is 0 Å². The summed E-state index contributed by atoms with van der Waals surface area (Å²) in [4.78, 5) is 37.6. The van der Waals surface area contributed by atoms with Crippen molar-refractivity contribution in [3.8, 4) is 11.5 Å². The van der Waals surface area contributed by atoms with Gasteiger partial charge in [0.15, 0.2) is 11.4 Å². The van der Waals surface area contributed by atoms with E-state index in [0.717, 1.165) is 24.5 Å². The molecule has 0 saturated heterocycles. The van der Waals surface area contributed by atoms with Gasteiger partial charge in [-0.1, -0.05) is 44.1 Å². The first-order valence-corrected chi connectivity index (χ1v) is 12.5. The van der Waals surface area contributed by atoms with Crippen molar-refractivity contribution in [1.29, 1.82) is 0 Å². The number of benzene rings is 1. The van der Waals surface area contributed by atoms with E-state index in [1.807, 2.05) is 33.8 Å². The van der Waals surface area contributed by atoms with E-state index in [1.54, 1.807) is 13.8 Å². The number of hydrogen-bond donors (Lipinski definition) is 2. The highest BCUT2D eigenvalue weighted by Crippen LogP contribution is 2.44. The number of allylic oxidation sites excluding steroid dienone is 4. The van der Waals surface area contributed by atoms with Crippen LogP contribution in [0.15, 0.2) is 38.6 Å². The third-order valence-corrected chi connectivity index (χ3v) is 6.34. The maximum atomic E-state index is 13.3. The molecule has 0 spiro atoms. The number of carbonyl (C=O) groups excluding carboxylic acids is 2. The van der Waals surface area contributed by atoms with Crippen molar-refractivity contribution in [1.82, 2.24) is 0 Å². The molecular formula is C29H38O7. The number of rotatable bonds is 11. The van der Waals surface area contributed by atoms with Gasteiger partial charge >= 0.3 is 11.6 Å². The summed E-state index contributed by atoms with van der Waals surface area (Å²) < 4.78 is 10.8. The van der Waals surface area contributed by atoms with E-state index in [-0.39, 0.29) is 39.8 Å². The summed E-state index contributed by atoms with van der Waals surface area (Å²) in [5, 5.41) is 22.6. The summed E-state index contributed by atoms with van der Waals surface area (Å²) >= 11 is 0. The highest BCUT2D eigenvalue weighted by atomic mass is 16.5. The molecule has 0 aliphatic rings. The quantitative estimate of drug-likeness (QED) is 0.154. The third-order valence-electron chi connectivity index (χ3n) is 6.34. The zero-order valence-corrected chi connectivity index (χ0v) is 22.4. The first kappa shape index (κ1) is 28.9. The van der Waals surface area contributed by atoms with Crippen LogP contribution in [0.1, 0.15) is 102 Å². The fourth-order valence-corrected chi connectivity index (χ4v) is 4.09. The second-order valence-electron chi connectivity index (χ2n) is 9.53. The molecule has 0 radical (unpaired) electrons. The molecular weight excluding hydrogens is 460 g/mol. The van der Waals surface area contributed by atoms with Crippen LogP contribution in [0.4, 0.5) is 0 Å². The lowest BCUT2D eigenvalue weighted by atomic mass is 9.89. The number of fused-ring (bicyclic) bond motifs is 1. The Bertz CT molecular complexity index is 1240. The molecule has 0 aliphatic heterocycles. The Kier molecular flexibility index (Phi) is 10.1. The van der Waals surface area contributed by atoms with Gasteiger partial charge in [0, 0.05) is 30.0 Å². The zero-order valence-electron chi connectivity index (χ0n) is 22.4. The molecule has 7 nitrogen and oxygen atoms in total. The Hall–Kier alpha value is -3.35. The summed E-state index contributed by atoms with van der Waals surface area (Å²) in [6.07, 6.45) is 5.87. The summed E-state index contributed by atoms with van der Waals surface area (Å²) in [5.41, 5.74) is 1.57. The summed E-state index contributed by atoms with van der Waals surface area (Å²) in [5.74, 6) is -2.11. The van der Waals surface area contributed by atoms with Crippen LogP contribution in [0.25, 0.3) is 11.0 Å². The molecule has 1 aromatic carbocycles. The number of phenolic OH excluding ortho intramolecular Hbond substituents is 2. The van der Waals surface area contributed by atoms with Gasteiger partial charge in [0.25, 0.3) is 0 Å². The van der Waals surface area contributed by atoms with Crippen molar-refractivity contribution in [2.45, 2.75) is 86.7 Å². The molecule has 2 unspecified atom stereocenters. The maximum Gasteiger partial charge on any atom is 0.336 e. The van der Waals surface area contributed by atoms with Crippen LogP contribution in [-0.4, -0.2) is 22.0 Å². The zero-order chi connectivity index (χ0) is 27.2. The predicted molar refractivity (Wildman–Crippen MR) is 141 cm³/mol. The molecule has 0 saturated carbocycles. The number of ketones is 1. The number of Topliss-reactive ketones (excluding diaryl/α,β-unsaturated/α-hetero) is 1. The molecule has 0 amide bonds. The Morgan fingerprint density at radius 3 is 2.28 bits per heavy atom. The van der Waals surface area contributed by atoms with Crippen LogP contribution in [0.3, 0.4) is 0 Å². The van der Waals surface area contributed by atoms with Crippen molar-refractivity contribution >= 4 is 22.7 Å². The maximum absolute atomic E-state index is 13.3. The highest BCUT2D eigenvalue weighted by Gasteiger charge is 2.31. The van der Waals surface area contributed by atoms with Gasteiger partial charge in [-0.3, -0.25) is 9.59 Å². The van der Waals surface area contributed by atoms with Gasteiger partial charge in [0.1, 0.15) is 23.2 Å². The molecule has 1 aromatic heterocycles. The lowest BCUT2D eigenvalue weighted by Crippen LogP contribution is -2.16. The topological polar surface area (TPSA) is 114 Å². The molecule has 2 aromatic rings. The molecule has 2 atom stereocenters. The molecule has 2 rings (SSSR count). The summed E-state index contributed by atoms with van der Waals surface area (Å²) in [6.45, 7) is 12.6. The minimum atomic E-state index is -0.842. The molecule has 196 valence electrons. The third kappa shape index (κ3) is 6.65. The number of hydrogen-bond acceptors (Lipinski definition) is 7. The fourth-order valence-electron chi connectivity index (χ4n) is 4.09. The van der Waals surface area contributed by atoms with E-state index >= 15 is 0 Å². The Morgan fingerprint density at radius 2 is 1.72 bits per heavy atom. The van der Waals surface area contributed by atoms with Gasteiger partial charge in [-0.25, -0.2) is 4.79 Å². The number of phenols is 2. The average Bonchev–Trinajstić information content (AvgIpc) is 2.80. The van der Waals surface area contributed by atoms with Crippen molar-refractivity contribution in [3.63, 3.8) is 0 Å². The molecule has 36 heavy (non-hydrogen) atoms. The Morgan fingerprint density at radius 1 is 1.06 bits per heavy atom. The van der Waals surface area contributed by atoms with Crippen LogP contribution in [0, 0.1) is 5.92 Å². The van der Waals surface area contributed by atoms with Gasteiger partial charge in [-0.05, 0) is 52.9 Å². The van der Waals surface area contributed by atoms with E-state index in [4.69, 9.17) is 9.15 Å². The van der Waals surface area contributed by atoms with Crippen molar-refractivity contribution < 1.29 is 29.0 Å². The number of esters is 1. The van der Waals surface area contributed by atoms with E-state index in [1.165, 1.54) is 12.5 Å². The van der Waals surface area contributed by atoms with Crippen LogP contribution in [0.2, 0.25) is 0 Å². The average molecular weight is 499 g/mol. The van der Waals surface area contributed by atoms with E-state index in [2.05, 4.69) is 6.08 Å². The normalized spacial score (nSPS) is 13.4. The van der Waals surface area contributed by atoms with Gasteiger partial charge in [0.2, 0.25) is 0 Å². The second kappa shape index (κ2) is 12.6. The first-order chi connectivity index (χ1) is 16.9. The number of ether oxygens (including phenoxy) is 1. The predicted octanol–water partition coefficient (Wildman–Crippen LogP) is 6.68. The lowest BCUT2D eigenvalue weighted by Gasteiger charge is -2.21. The summed E-state index contributed by atoms with van der Waals surface area (Å²) in [6, 6.07) is 1.16. The molecule has 7 heteroatoms. The van der Waals surface area contributed by atoms with Crippen molar-refractivity contribution in [2.75, 3.05) is 0 Å². The van der Waals surface area contributed by atoms with E-state index in [0.29, 0.717) is 12.8 Å². The standard InChI is InChI=1S/C29H38O7/c1-8-18(6)26(32)25-28(34)20(14-13-17(5)12-10-11-16(3)4)27(33)24-21(15-23(31)36-29(24)25)22(9-2)35-19(7)30/h11,13,15,18,22,33-34H,8-10,12,14H2,1-7H3/b17-13+. The Balaban J connectivity index is 2.84. The molecule has 1 heterocycles. The Labute approximate surface area is 212 Å².